The summed E-state index contributed by atoms with van der Waals surface area (Å²) in [5, 5.41) is 0. The lowest BCUT2D eigenvalue weighted by Crippen LogP contribution is -2.25. The van der Waals surface area contributed by atoms with E-state index < -0.39 is 0 Å². The first-order valence-electron chi connectivity index (χ1n) is 8.73. The summed E-state index contributed by atoms with van der Waals surface area (Å²) < 4.78 is 0. The van der Waals surface area contributed by atoms with Gasteiger partial charge in [-0.25, -0.2) is 0 Å². The van der Waals surface area contributed by atoms with Crippen LogP contribution in [-0.4, -0.2) is 11.9 Å². The van der Waals surface area contributed by atoms with Crippen LogP contribution in [0.1, 0.15) is 5.56 Å². The summed E-state index contributed by atoms with van der Waals surface area (Å²) >= 11 is 0. The summed E-state index contributed by atoms with van der Waals surface area (Å²) in [7, 11) is 0. The first-order chi connectivity index (χ1) is 12.9. The second kappa shape index (κ2) is 9.28. The van der Waals surface area contributed by atoms with E-state index in [-0.39, 0.29) is 11.8 Å². The molecule has 0 aromatic heterocycles. The third kappa shape index (κ3) is 4.64. The molecule has 1 aliphatic carbocycles. The maximum atomic E-state index is 4.61. The molecule has 2 unspecified atom stereocenters. The zero-order chi connectivity index (χ0) is 18.0. The number of hydrogen-bond acceptors (Lipinski definition) is 2. The van der Waals surface area contributed by atoms with Crippen molar-refractivity contribution in [3.8, 4) is 0 Å². The third-order valence-corrected chi connectivity index (χ3v) is 4.17. The standard InChI is InChI=1S/C24H22N2/c1-2-3-4-8-14-21-17-19-26-24-22(21)15-9-16-23(24)25-18-10-13-20-11-6-5-7-12-20/h2-19,21-22H,1H2/b4-3-,13-10+,14-8+,25-18-. The van der Waals surface area contributed by atoms with Crippen molar-refractivity contribution in [2.45, 2.75) is 0 Å². The molecule has 0 N–H and O–H groups in total. The van der Waals surface area contributed by atoms with E-state index in [1.165, 1.54) is 0 Å². The van der Waals surface area contributed by atoms with Crippen molar-refractivity contribution in [1.29, 1.82) is 0 Å². The lowest BCUT2D eigenvalue weighted by molar-refractivity contribution is 0.694. The Labute approximate surface area is 155 Å². The molecule has 3 rings (SSSR count). The number of rotatable bonds is 6. The van der Waals surface area contributed by atoms with Crippen LogP contribution in [-0.2, 0) is 0 Å². The molecular formula is C24H22N2. The largest absolute Gasteiger partial charge is 0.259 e. The summed E-state index contributed by atoms with van der Waals surface area (Å²) in [6.45, 7) is 3.68. The lowest BCUT2D eigenvalue weighted by atomic mass is 9.82. The Balaban J connectivity index is 1.69. The van der Waals surface area contributed by atoms with E-state index in [4.69, 9.17) is 0 Å². The second-order valence-corrected chi connectivity index (χ2v) is 5.95. The summed E-state index contributed by atoms with van der Waals surface area (Å²) in [5.74, 6) is 0.510. The fourth-order valence-electron chi connectivity index (χ4n) is 2.89. The monoisotopic (exact) mass is 338 g/mol. The molecule has 1 aromatic rings. The van der Waals surface area contributed by atoms with Gasteiger partial charge in [0.2, 0.25) is 0 Å². The van der Waals surface area contributed by atoms with Crippen molar-refractivity contribution in [1.82, 2.24) is 0 Å². The summed E-state index contributed by atoms with van der Waals surface area (Å²) in [6.07, 6.45) is 26.0. The SMILES string of the molecule is C=C/C=C\C=C\C1C=CN=C2C(/N=C\C=C\c3ccccc3)=CC=CC21. The van der Waals surface area contributed by atoms with E-state index in [2.05, 4.69) is 59.1 Å². The Bertz CT molecular complexity index is 859. The molecule has 2 heteroatoms. The smallest absolute Gasteiger partial charge is 0.0850 e. The molecule has 2 aliphatic rings. The first kappa shape index (κ1) is 17.6. The van der Waals surface area contributed by atoms with Crippen LogP contribution in [0, 0.1) is 11.8 Å². The van der Waals surface area contributed by atoms with Crippen LogP contribution < -0.4 is 0 Å². The van der Waals surface area contributed by atoms with Crippen molar-refractivity contribution in [3.05, 3.63) is 115 Å². The van der Waals surface area contributed by atoms with E-state index in [1.54, 1.807) is 6.08 Å². The highest BCUT2D eigenvalue weighted by Gasteiger charge is 2.26. The zero-order valence-corrected chi connectivity index (χ0v) is 14.6. The minimum absolute atomic E-state index is 0.226. The van der Waals surface area contributed by atoms with Crippen LogP contribution in [0.2, 0.25) is 0 Å². The number of aliphatic imine (C=N–C) groups is 2. The highest BCUT2D eigenvalue weighted by Crippen LogP contribution is 2.29. The summed E-state index contributed by atoms with van der Waals surface area (Å²) in [6, 6.07) is 10.2. The Morgan fingerprint density at radius 1 is 1.00 bits per heavy atom. The maximum Gasteiger partial charge on any atom is 0.0850 e. The maximum absolute atomic E-state index is 4.61. The Morgan fingerprint density at radius 2 is 1.88 bits per heavy atom. The molecule has 128 valence electrons. The third-order valence-electron chi connectivity index (χ3n) is 4.17. The number of allylic oxidation sites excluding steroid dienone is 11. The van der Waals surface area contributed by atoms with Crippen LogP contribution in [0.3, 0.4) is 0 Å². The van der Waals surface area contributed by atoms with Crippen molar-refractivity contribution in [3.63, 3.8) is 0 Å². The zero-order valence-electron chi connectivity index (χ0n) is 14.6. The molecule has 0 radical (unpaired) electrons. The van der Waals surface area contributed by atoms with Gasteiger partial charge < -0.3 is 0 Å². The lowest BCUT2D eigenvalue weighted by Gasteiger charge is -2.26. The van der Waals surface area contributed by atoms with Crippen molar-refractivity contribution in [2.75, 3.05) is 0 Å². The van der Waals surface area contributed by atoms with E-state index >= 15 is 0 Å². The molecule has 2 atom stereocenters. The van der Waals surface area contributed by atoms with Crippen LogP contribution in [0.4, 0.5) is 0 Å². The Kier molecular flexibility index (Phi) is 6.27. The van der Waals surface area contributed by atoms with Gasteiger partial charge in [-0.2, -0.15) is 0 Å². The molecule has 1 heterocycles. The molecule has 26 heavy (non-hydrogen) atoms. The van der Waals surface area contributed by atoms with Gasteiger partial charge in [-0.3, -0.25) is 9.98 Å². The fourth-order valence-corrected chi connectivity index (χ4v) is 2.89. The van der Waals surface area contributed by atoms with Gasteiger partial charge in [-0.05, 0) is 17.7 Å². The average Bonchev–Trinajstić information content (AvgIpc) is 2.69. The van der Waals surface area contributed by atoms with E-state index in [0.29, 0.717) is 0 Å². The highest BCUT2D eigenvalue weighted by molar-refractivity contribution is 6.06. The quantitative estimate of drug-likeness (QED) is 0.468. The fraction of sp³-hybridized carbons (Fsp3) is 0.0833. The first-order valence-corrected chi connectivity index (χ1v) is 8.73. The molecule has 0 amide bonds. The van der Waals surface area contributed by atoms with E-state index in [0.717, 1.165) is 17.0 Å². The predicted octanol–water partition coefficient (Wildman–Crippen LogP) is 5.72. The molecule has 0 spiro atoms. The Hall–Kier alpha value is -3.26. The van der Waals surface area contributed by atoms with Gasteiger partial charge in [0.1, 0.15) is 0 Å². The normalized spacial score (nSPS) is 22.3. The molecule has 1 aromatic carbocycles. The average molecular weight is 338 g/mol. The minimum atomic E-state index is 0.226. The molecule has 0 bridgehead atoms. The summed E-state index contributed by atoms with van der Waals surface area (Å²) in [4.78, 5) is 9.18. The molecule has 2 nitrogen and oxygen atoms in total. The summed E-state index contributed by atoms with van der Waals surface area (Å²) in [5.41, 5.74) is 3.09. The van der Waals surface area contributed by atoms with Crippen LogP contribution in [0.25, 0.3) is 6.08 Å². The Morgan fingerprint density at radius 3 is 2.73 bits per heavy atom. The van der Waals surface area contributed by atoms with Crippen molar-refractivity contribution in [2.24, 2.45) is 21.8 Å². The van der Waals surface area contributed by atoms with Gasteiger partial charge in [0, 0.05) is 24.3 Å². The predicted molar refractivity (Wildman–Crippen MR) is 113 cm³/mol. The van der Waals surface area contributed by atoms with Gasteiger partial charge in [0.15, 0.2) is 0 Å². The molecule has 1 aliphatic heterocycles. The number of nitrogens with zero attached hydrogens (tertiary/aromatic N) is 2. The molecule has 0 saturated carbocycles. The van der Waals surface area contributed by atoms with E-state index in [1.807, 2.05) is 61.0 Å². The topological polar surface area (TPSA) is 24.7 Å². The molecular weight excluding hydrogens is 316 g/mol. The van der Waals surface area contributed by atoms with Gasteiger partial charge in [-0.15, -0.1) is 0 Å². The second-order valence-electron chi connectivity index (χ2n) is 5.95. The van der Waals surface area contributed by atoms with Gasteiger partial charge in [0.05, 0.1) is 11.4 Å². The number of benzene rings is 1. The van der Waals surface area contributed by atoms with Gasteiger partial charge >= 0.3 is 0 Å². The van der Waals surface area contributed by atoms with Crippen LogP contribution in [0.15, 0.2) is 120 Å². The van der Waals surface area contributed by atoms with Crippen molar-refractivity contribution < 1.29 is 0 Å². The number of hydrogen-bond donors (Lipinski definition) is 0. The van der Waals surface area contributed by atoms with Gasteiger partial charge in [0.25, 0.3) is 0 Å². The number of fused-ring (bicyclic) bond motifs is 1. The van der Waals surface area contributed by atoms with Crippen molar-refractivity contribution >= 4 is 18.0 Å². The minimum Gasteiger partial charge on any atom is -0.259 e. The highest BCUT2D eigenvalue weighted by atomic mass is 14.8. The van der Waals surface area contributed by atoms with Crippen LogP contribution in [0.5, 0.6) is 0 Å². The molecule has 0 saturated heterocycles. The van der Waals surface area contributed by atoms with Crippen LogP contribution >= 0.6 is 0 Å². The van der Waals surface area contributed by atoms with Gasteiger partial charge in [-0.1, -0.05) is 91.6 Å². The molecule has 0 fully saturated rings. The van der Waals surface area contributed by atoms with E-state index in [9.17, 15) is 0 Å².